The van der Waals surface area contributed by atoms with E-state index in [1.165, 1.54) is 22.3 Å². The fourth-order valence-electron chi connectivity index (χ4n) is 2.44. The van der Waals surface area contributed by atoms with Gasteiger partial charge in [0.1, 0.15) is 0 Å². The van der Waals surface area contributed by atoms with Crippen LogP contribution in [0.3, 0.4) is 0 Å². The minimum absolute atomic E-state index is 0.134. The average molecular weight is 221 g/mol. The Morgan fingerprint density at radius 3 is 2.06 bits per heavy atom. The second-order valence-corrected chi connectivity index (χ2v) is 4.78. The minimum atomic E-state index is 0.134. The molecule has 0 aromatic heterocycles. The molecular formula is C14H23NO. The molecule has 0 radical (unpaired) electrons. The highest BCUT2D eigenvalue weighted by Crippen LogP contribution is 2.23. The molecule has 0 fully saturated rings. The van der Waals surface area contributed by atoms with Gasteiger partial charge in [-0.2, -0.15) is 0 Å². The van der Waals surface area contributed by atoms with E-state index in [9.17, 15) is 0 Å². The second kappa shape index (κ2) is 5.46. The molecule has 2 atom stereocenters. The molecule has 0 bridgehead atoms. The number of hydrogen-bond acceptors (Lipinski definition) is 2. The summed E-state index contributed by atoms with van der Waals surface area (Å²) in [7, 11) is 0. The van der Waals surface area contributed by atoms with Crippen molar-refractivity contribution in [2.24, 2.45) is 0 Å². The Hall–Kier alpha value is -0.860. The average Bonchev–Trinajstić information content (AvgIpc) is 2.15. The smallest absolute Gasteiger partial charge is 0.0582 e. The third-order valence-electron chi connectivity index (χ3n) is 2.98. The number of hydrogen-bond donors (Lipinski definition) is 2. The number of aryl methyl sites for hydroxylation is 3. The normalized spacial score (nSPS) is 14.9. The van der Waals surface area contributed by atoms with Gasteiger partial charge in [-0.05, 0) is 51.3 Å². The predicted molar refractivity (Wildman–Crippen MR) is 68.8 cm³/mol. The molecule has 0 aliphatic rings. The van der Waals surface area contributed by atoms with Crippen LogP contribution < -0.4 is 5.32 Å². The fourth-order valence-corrected chi connectivity index (χ4v) is 2.44. The summed E-state index contributed by atoms with van der Waals surface area (Å²) in [6, 6.07) is 4.84. The van der Waals surface area contributed by atoms with E-state index in [4.69, 9.17) is 5.11 Å². The van der Waals surface area contributed by atoms with Crippen molar-refractivity contribution in [1.29, 1.82) is 0 Å². The molecule has 0 aliphatic carbocycles. The number of aliphatic hydroxyl groups is 1. The first-order valence-corrected chi connectivity index (χ1v) is 5.90. The molecule has 1 aromatic rings. The van der Waals surface area contributed by atoms with Gasteiger partial charge in [-0.25, -0.2) is 0 Å². The van der Waals surface area contributed by atoms with E-state index < -0.39 is 0 Å². The monoisotopic (exact) mass is 221 g/mol. The van der Waals surface area contributed by atoms with Crippen LogP contribution in [0.5, 0.6) is 0 Å². The number of rotatable bonds is 4. The van der Waals surface area contributed by atoms with Crippen LogP contribution in [0, 0.1) is 20.8 Å². The third kappa shape index (κ3) is 3.06. The zero-order chi connectivity index (χ0) is 12.3. The largest absolute Gasteiger partial charge is 0.395 e. The lowest BCUT2D eigenvalue weighted by Crippen LogP contribution is -2.32. The standard InChI is InChI=1S/C14H23NO/c1-9-6-10(2)14(11(3)7-9)13(5)15-12(4)8-16/h6-7,12-13,15-16H,8H2,1-5H3/t12-,13?/m0/s1. The zero-order valence-corrected chi connectivity index (χ0v) is 11.0. The van der Waals surface area contributed by atoms with Crippen molar-refractivity contribution in [1.82, 2.24) is 5.32 Å². The molecule has 0 saturated heterocycles. The summed E-state index contributed by atoms with van der Waals surface area (Å²) in [5.41, 5.74) is 5.30. The van der Waals surface area contributed by atoms with Gasteiger partial charge >= 0.3 is 0 Å². The summed E-state index contributed by atoms with van der Waals surface area (Å²) in [6.45, 7) is 10.7. The van der Waals surface area contributed by atoms with Gasteiger partial charge in [0.05, 0.1) is 6.61 Å². The summed E-state index contributed by atoms with van der Waals surface area (Å²) < 4.78 is 0. The molecule has 2 heteroatoms. The van der Waals surface area contributed by atoms with Crippen LogP contribution in [0.25, 0.3) is 0 Å². The van der Waals surface area contributed by atoms with Gasteiger partial charge in [-0.3, -0.25) is 0 Å². The highest BCUT2D eigenvalue weighted by Gasteiger charge is 2.13. The molecule has 1 aromatic carbocycles. The number of nitrogens with one attached hydrogen (secondary N) is 1. The van der Waals surface area contributed by atoms with Crippen molar-refractivity contribution < 1.29 is 5.11 Å². The quantitative estimate of drug-likeness (QED) is 0.819. The molecule has 16 heavy (non-hydrogen) atoms. The van der Waals surface area contributed by atoms with Gasteiger partial charge in [0, 0.05) is 12.1 Å². The molecule has 0 heterocycles. The Balaban J connectivity index is 2.95. The maximum atomic E-state index is 9.05. The van der Waals surface area contributed by atoms with Gasteiger partial charge in [-0.1, -0.05) is 17.7 Å². The first-order chi connectivity index (χ1) is 7.45. The maximum Gasteiger partial charge on any atom is 0.0582 e. The Bertz CT molecular complexity index is 337. The van der Waals surface area contributed by atoms with Crippen molar-refractivity contribution >= 4 is 0 Å². The van der Waals surface area contributed by atoms with Gasteiger partial charge in [0.2, 0.25) is 0 Å². The van der Waals surface area contributed by atoms with E-state index in [1.54, 1.807) is 0 Å². The molecular weight excluding hydrogens is 198 g/mol. The molecule has 90 valence electrons. The molecule has 0 saturated carbocycles. The van der Waals surface area contributed by atoms with Crippen molar-refractivity contribution in [2.75, 3.05) is 6.61 Å². The van der Waals surface area contributed by atoms with Crippen LogP contribution in [-0.4, -0.2) is 17.8 Å². The molecule has 0 amide bonds. The molecule has 2 N–H and O–H groups in total. The lowest BCUT2D eigenvalue weighted by atomic mass is 9.94. The van der Waals surface area contributed by atoms with Crippen molar-refractivity contribution in [3.63, 3.8) is 0 Å². The summed E-state index contributed by atoms with van der Waals surface area (Å²) in [5.74, 6) is 0. The molecule has 1 rings (SSSR count). The van der Waals surface area contributed by atoms with E-state index in [-0.39, 0.29) is 18.7 Å². The van der Waals surface area contributed by atoms with Crippen LogP contribution >= 0.6 is 0 Å². The summed E-state index contributed by atoms with van der Waals surface area (Å²) in [5, 5.41) is 12.4. The van der Waals surface area contributed by atoms with Crippen molar-refractivity contribution in [3.8, 4) is 0 Å². The van der Waals surface area contributed by atoms with E-state index >= 15 is 0 Å². The van der Waals surface area contributed by atoms with Crippen LogP contribution in [-0.2, 0) is 0 Å². The summed E-state index contributed by atoms with van der Waals surface area (Å²) in [6.07, 6.45) is 0. The van der Waals surface area contributed by atoms with Gasteiger partial charge in [0.15, 0.2) is 0 Å². The van der Waals surface area contributed by atoms with Gasteiger partial charge in [0.25, 0.3) is 0 Å². The maximum absolute atomic E-state index is 9.05. The second-order valence-electron chi connectivity index (χ2n) is 4.78. The molecule has 0 aliphatic heterocycles. The minimum Gasteiger partial charge on any atom is -0.395 e. The number of benzene rings is 1. The topological polar surface area (TPSA) is 32.3 Å². The van der Waals surface area contributed by atoms with Crippen molar-refractivity contribution in [3.05, 3.63) is 34.4 Å². The predicted octanol–water partition coefficient (Wildman–Crippen LogP) is 2.64. The lowest BCUT2D eigenvalue weighted by molar-refractivity contribution is 0.243. The molecule has 0 spiro atoms. The van der Waals surface area contributed by atoms with Crippen LogP contribution in [0.1, 0.15) is 42.1 Å². The lowest BCUT2D eigenvalue weighted by Gasteiger charge is -2.22. The number of aliphatic hydroxyl groups excluding tert-OH is 1. The Morgan fingerprint density at radius 1 is 1.12 bits per heavy atom. The van der Waals surface area contributed by atoms with Gasteiger partial charge < -0.3 is 10.4 Å². The Morgan fingerprint density at radius 2 is 1.62 bits per heavy atom. The SMILES string of the molecule is Cc1cc(C)c(C(C)N[C@@H](C)CO)c(C)c1. The van der Waals surface area contributed by atoms with E-state index in [1.807, 2.05) is 6.92 Å². The van der Waals surface area contributed by atoms with E-state index in [2.05, 4.69) is 45.1 Å². The summed E-state index contributed by atoms with van der Waals surface area (Å²) >= 11 is 0. The Labute approximate surface area is 98.7 Å². The first-order valence-electron chi connectivity index (χ1n) is 5.90. The molecule has 2 nitrogen and oxygen atoms in total. The third-order valence-corrected chi connectivity index (χ3v) is 2.98. The van der Waals surface area contributed by atoms with Gasteiger partial charge in [-0.15, -0.1) is 0 Å². The zero-order valence-electron chi connectivity index (χ0n) is 11.0. The highest BCUT2D eigenvalue weighted by atomic mass is 16.3. The van der Waals surface area contributed by atoms with E-state index in [0.717, 1.165) is 0 Å². The van der Waals surface area contributed by atoms with Crippen LogP contribution in [0.2, 0.25) is 0 Å². The van der Waals surface area contributed by atoms with Crippen LogP contribution in [0.4, 0.5) is 0 Å². The molecule has 1 unspecified atom stereocenters. The highest BCUT2D eigenvalue weighted by molar-refractivity contribution is 5.39. The summed E-state index contributed by atoms with van der Waals surface area (Å²) in [4.78, 5) is 0. The van der Waals surface area contributed by atoms with Crippen molar-refractivity contribution in [2.45, 2.75) is 46.7 Å². The first kappa shape index (κ1) is 13.2. The Kier molecular flexibility index (Phi) is 4.51. The fraction of sp³-hybridized carbons (Fsp3) is 0.571. The van der Waals surface area contributed by atoms with E-state index in [0.29, 0.717) is 0 Å². The van der Waals surface area contributed by atoms with Crippen LogP contribution in [0.15, 0.2) is 12.1 Å².